The number of hydrogen-bond acceptors (Lipinski definition) is 5. The van der Waals surface area contributed by atoms with Gasteiger partial charge in [-0.25, -0.2) is 4.40 Å². The molecule has 0 bridgehead atoms. The Kier molecular flexibility index (Phi) is 4.62. The first-order chi connectivity index (χ1) is 9.66. The number of nitrogens with zero attached hydrogens (tertiary/aromatic N) is 2. The molecule has 20 heavy (non-hydrogen) atoms. The maximum absolute atomic E-state index is 11.7. The minimum atomic E-state index is -0.464. The molecule has 0 aliphatic carbocycles. The molecular weight excluding hydrogens is 276 g/mol. The molecule has 0 aromatic heterocycles. The molecule has 0 spiro atoms. The van der Waals surface area contributed by atoms with E-state index in [-0.39, 0.29) is 10.8 Å². The van der Waals surface area contributed by atoms with Crippen molar-refractivity contribution in [1.29, 1.82) is 0 Å². The second-order valence-corrected chi connectivity index (χ2v) is 4.59. The lowest BCUT2D eigenvalue weighted by atomic mass is 10.2. The van der Waals surface area contributed by atoms with Crippen molar-refractivity contribution in [3.63, 3.8) is 0 Å². The van der Waals surface area contributed by atoms with Gasteiger partial charge >= 0.3 is 0 Å². The van der Waals surface area contributed by atoms with Crippen LogP contribution in [0.3, 0.4) is 0 Å². The smallest absolute Gasteiger partial charge is 0.269 e. The lowest BCUT2D eigenvalue weighted by Crippen LogP contribution is -1.91. The lowest BCUT2D eigenvalue weighted by molar-refractivity contribution is -0.384. The normalized spacial score (nSPS) is 10.6. The molecule has 6 heteroatoms. The van der Waals surface area contributed by atoms with Crippen LogP contribution in [0.25, 0.3) is 0 Å². The first kappa shape index (κ1) is 14.0. The summed E-state index contributed by atoms with van der Waals surface area (Å²) in [4.78, 5) is 21.8. The Labute approximate surface area is 119 Å². The zero-order valence-electron chi connectivity index (χ0n) is 10.3. The fourth-order valence-electron chi connectivity index (χ4n) is 1.44. The molecule has 2 aromatic rings. The van der Waals surface area contributed by atoms with E-state index in [1.54, 1.807) is 36.4 Å². The van der Waals surface area contributed by atoms with E-state index in [1.807, 2.05) is 6.07 Å². The number of carbonyl (C=O) groups is 1. The van der Waals surface area contributed by atoms with Crippen molar-refractivity contribution < 1.29 is 9.72 Å². The molecular formula is C14H10N2O3S. The van der Waals surface area contributed by atoms with Crippen LogP contribution in [0.15, 0.2) is 59.0 Å². The van der Waals surface area contributed by atoms with Crippen LogP contribution in [0.4, 0.5) is 5.69 Å². The molecule has 100 valence electrons. The summed E-state index contributed by atoms with van der Waals surface area (Å²) in [6.45, 7) is 0. The van der Waals surface area contributed by atoms with E-state index < -0.39 is 4.92 Å². The summed E-state index contributed by atoms with van der Waals surface area (Å²) in [5.74, 6) is 0. The molecule has 0 unspecified atom stereocenters. The number of hydrogen-bond donors (Lipinski definition) is 0. The Hall–Kier alpha value is -2.47. The third-order valence-electron chi connectivity index (χ3n) is 2.45. The minimum absolute atomic E-state index is 0.0233. The quantitative estimate of drug-likeness (QED) is 0.373. The standard InChI is InChI=1S/C14H10N2O3S/c17-14(12-4-2-1-3-5-12)20-15-10-11-6-8-13(9-7-11)16(18)19/h1-10H/b15-10+. The highest BCUT2D eigenvalue weighted by Gasteiger charge is 2.05. The summed E-state index contributed by atoms with van der Waals surface area (Å²) in [7, 11) is 0. The fraction of sp³-hybridized carbons (Fsp3) is 0. The van der Waals surface area contributed by atoms with Crippen LogP contribution in [0, 0.1) is 10.1 Å². The van der Waals surface area contributed by atoms with E-state index in [9.17, 15) is 14.9 Å². The zero-order chi connectivity index (χ0) is 14.4. The van der Waals surface area contributed by atoms with Crippen molar-refractivity contribution >= 4 is 29.0 Å². The summed E-state index contributed by atoms with van der Waals surface area (Å²) >= 11 is 0.832. The molecule has 5 nitrogen and oxygen atoms in total. The molecule has 0 amide bonds. The molecule has 2 aromatic carbocycles. The first-order valence-electron chi connectivity index (χ1n) is 5.71. The predicted octanol–water partition coefficient (Wildman–Crippen LogP) is 3.50. The average molecular weight is 286 g/mol. The summed E-state index contributed by atoms with van der Waals surface area (Å²) in [5.41, 5.74) is 1.30. The summed E-state index contributed by atoms with van der Waals surface area (Å²) < 4.78 is 3.96. The number of carbonyl (C=O) groups excluding carboxylic acids is 1. The van der Waals surface area contributed by atoms with E-state index in [0.29, 0.717) is 11.1 Å². The van der Waals surface area contributed by atoms with Crippen molar-refractivity contribution in [3.8, 4) is 0 Å². The van der Waals surface area contributed by atoms with Gasteiger partial charge < -0.3 is 0 Å². The maximum atomic E-state index is 11.7. The van der Waals surface area contributed by atoms with Crippen LogP contribution in [-0.2, 0) is 0 Å². The Morgan fingerprint density at radius 3 is 2.35 bits per heavy atom. The van der Waals surface area contributed by atoms with Crippen LogP contribution < -0.4 is 0 Å². The first-order valence-corrected chi connectivity index (χ1v) is 6.48. The van der Waals surface area contributed by atoms with E-state index >= 15 is 0 Å². The van der Waals surface area contributed by atoms with Crippen LogP contribution >= 0.6 is 11.9 Å². The van der Waals surface area contributed by atoms with Gasteiger partial charge in [-0.05, 0) is 17.7 Å². The van der Waals surface area contributed by atoms with Gasteiger partial charge in [0, 0.05) is 23.9 Å². The van der Waals surface area contributed by atoms with Gasteiger partial charge in [0.1, 0.15) is 0 Å². The fourth-order valence-corrected chi connectivity index (χ4v) is 1.96. The van der Waals surface area contributed by atoms with Gasteiger partial charge in [0.15, 0.2) is 0 Å². The molecule has 0 aliphatic heterocycles. The third-order valence-corrected chi connectivity index (χ3v) is 3.06. The van der Waals surface area contributed by atoms with Gasteiger partial charge in [0.25, 0.3) is 5.69 Å². The minimum Gasteiger partial charge on any atom is -0.280 e. The van der Waals surface area contributed by atoms with Gasteiger partial charge in [-0.1, -0.05) is 30.3 Å². The number of nitro benzene ring substituents is 1. The molecule has 0 aliphatic rings. The molecule has 0 saturated carbocycles. The number of nitro groups is 1. The third kappa shape index (κ3) is 3.76. The maximum Gasteiger partial charge on any atom is 0.269 e. The Morgan fingerprint density at radius 1 is 1.10 bits per heavy atom. The topological polar surface area (TPSA) is 72.6 Å². The second-order valence-electron chi connectivity index (χ2n) is 3.83. The highest BCUT2D eigenvalue weighted by Crippen LogP contribution is 2.14. The Bertz CT molecular complexity index is 639. The predicted molar refractivity (Wildman–Crippen MR) is 79.1 cm³/mol. The highest BCUT2D eigenvalue weighted by molar-refractivity contribution is 8.13. The summed E-state index contributed by atoms with van der Waals surface area (Å²) in [6.07, 6.45) is 1.50. The van der Waals surface area contributed by atoms with Crippen LogP contribution in [0.5, 0.6) is 0 Å². The van der Waals surface area contributed by atoms with Crippen molar-refractivity contribution in [2.45, 2.75) is 0 Å². The van der Waals surface area contributed by atoms with Crippen molar-refractivity contribution in [2.75, 3.05) is 0 Å². The number of benzene rings is 2. The summed E-state index contributed by atoms with van der Waals surface area (Å²) in [6, 6.07) is 14.8. The zero-order valence-corrected chi connectivity index (χ0v) is 11.1. The molecule has 0 radical (unpaired) electrons. The molecule has 0 fully saturated rings. The van der Waals surface area contributed by atoms with Gasteiger partial charge in [0.05, 0.1) is 16.9 Å². The molecule has 0 heterocycles. The van der Waals surface area contributed by atoms with E-state index in [1.165, 1.54) is 18.3 Å². The van der Waals surface area contributed by atoms with Crippen LogP contribution in [0.2, 0.25) is 0 Å². The highest BCUT2D eigenvalue weighted by atomic mass is 32.2. The Morgan fingerprint density at radius 2 is 1.75 bits per heavy atom. The monoisotopic (exact) mass is 286 g/mol. The van der Waals surface area contributed by atoms with Crippen molar-refractivity contribution in [3.05, 3.63) is 75.8 Å². The lowest BCUT2D eigenvalue weighted by Gasteiger charge is -1.95. The van der Waals surface area contributed by atoms with Gasteiger partial charge in [-0.3, -0.25) is 14.9 Å². The van der Waals surface area contributed by atoms with E-state index in [0.717, 1.165) is 11.9 Å². The van der Waals surface area contributed by atoms with Crippen molar-refractivity contribution in [2.24, 2.45) is 4.40 Å². The summed E-state index contributed by atoms with van der Waals surface area (Å²) in [5, 5.41) is 10.3. The second kappa shape index (κ2) is 6.63. The van der Waals surface area contributed by atoms with Crippen LogP contribution in [0.1, 0.15) is 15.9 Å². The van der Waals surface area contributed by atoms with Gasteiger partial charge in [0.2, 0.25) is 5.12 Å². The van der Waals surface area contributed by atoms with E-state index in [2.05, 4.69) is 4.40 Å². The number of non-ortho nitro benzene ring substituents is 1. The van der Waals surface area contributed by atoms with Gasteiger partial charge in [-0.2, -0.15) is 0 Å². The molecule has 2 rings (SSSR count). The average Bonchev–Trinajstić information content (AvgIpc) is 2.48. The van der Waals surface area contributed by atoms with E-state index in [4.69, 9.17) is 0 Å². The molecule has 0 saturated heterocycles. The van der Waals surface area contributed by atoms with Crippen LogP contribution in [-0.4, -0.2) is 16.3 Å². The Balaban J connectivity index is 1.96. The van der Waals surface area contributed by atoms with Crippen molar-refractivity contribution in [1.82, 2.24) is 0 Å². The van der Waals surface area contributed by atoms with Gasteiger partial charge in [-0.15, -0.1) is 0 Å². The number of rotatable bonds is 4. The molecule has 0 atom stereocenters. The molecule has 0 N–H and O–H groups in total. The SMILES string of the molecule is O=C(S/N=C/c1ccc([N+](=O)[O-])cc1)c1ccccc1. The largest absolute Gasteiger partial charge is 0.280 e.